The molecule has 11 heteroatoms. The molecule has 0 aliphatic carbocycles. The molecule has 33 heavy (non-hydrogen) atoms. The lowest BCUT2D eigenvalue weighted by Crippen LogP contribution is -2.36. The number of benzene rings is 2. The van der Waals surface area contributed by atoms with Gasteiger partial charge in [0.2, 0.25) is 5.91 Å². The van der Waals surface area contributed by atoms with Gasteiger partial charge in [-0.2, -0.15) is 0 Å². The number of carboxylic acids is 1. The van der Waals surface area contributed by atoms with Gasteiger partial charge in [-0.05, 0) is 66.7 Å². The Bertz CT molecular complexity index is 1120. The molecule has 0 bridgehead atoms. The molecule has 3 amide bonds. The molecule has 3 rings (SSSR count). The van der Waals surface area contributed by atoms with Crippen molar-refractivity contribution in [3.05, 3.63) is 57.4 Å². The Morgan fingerprint density at radius 3 is 2.52 bits per heavy atom. The molecule has 0 atom stereocenters. The van der Waals surface area contributed by atoms with Crippen molar-refractivity contribution in [1.82, 2.24) is 4.90 Å². The largest absolute Gasteiger partial charge is 0.490 e. The SMILES string of the molecule is CCOc1cc(/C=C2/SC(=O)N(CC(=O)Nc3ccc(Br)cc3)C2=O)ccc1OCC(=O)O. The van der Waals surface area contributed by atoms with E-state index >= 15 is 0 Å². The van der Waals surface area contributed by atoms with Gasteiger partial charge in [-0.3, -0.25) is 19.3 Å². The lowest BCUT2D eigenvalue weighted by molar-refractivity contribution is -0.139. The van der Waals surface area contributed by atoms with Crippen molar-refractivity contribution < 1.29 is 33.8 Å². The van der Waals surface area contributed by atoms with Crippen molar-refractivity contribution in [2.45, 2.75) is 6.92 Å². The first-order chi connectivity index (χ1) is 15.8. The summed E-state index contributed by atoms with van der Waals surface area (Å²) in [4.78, 5) is 49.1. The Kier molecular flexibility index (Phi) is 8.12. The number of nitrogens with zero attached hydrogens (tertiary/aromatic N) is 1. The van der Waals surface area contributed by atoms with E-state index in [1.165, 1.54) is 12.1 Å². The van der Waals surface area contributed by atoms with Crippen LogP contribution in [0, 0.1) is 0 Å². The van der Waals surface area contributed by atoms with Crippen molar-refractivity contribution in [2.75, 3.05) is 25.1 Å². The first-order valence-electron chi connectivity index (χ1n) is 9.69. The van der Waals surface area contributed by atoms with E-state index in [0.29, 0.717) is 23.6 Å². The zero-order valence-corrected chi connectivity index (χ0v) is 19.8. The average molecular weight is 535 g/mol. The summed E-state index contributed by atoms with van der Waals surface area (Å²) >= 11 is 4.03. The summed E-state index contributed by atoms with van der Waals surface area (Å²) in [5, 5.41) is 10.9. The number of imide groups is 1. The quantitative estimate of drug-likeness (QED) is 0.463. The van der Waals surface area contributed by atoms with Crippen LogP contribution in [-0.4, -0.2) is 52.8 Å². The summed E-state index contributed by atoms with van der Waals surface area (Å²) in [5.74, 6) is -1.66. The number of thioether (sulfide) groups is 1. The number of carbonyl (C=O) groups is 4. The fourth-order valence-corrected chi connectivity index (χ4v) is 3.91. The molecule has 2 aromatic rings. The van der Waals surface area contributed by atoms with Crippen LogP contribution in [-0.2, 0) is 14.4 Å². The second kappa shape index (κ2) is 11.0. The Balaban J connectivity index is 1.71. The molecule has 1 aliphatic heterocycles. The van der Waals surface area contributed by atoms with Crippen LogP contribution in [0.4, 0.5) is 10.5 Å². The summed E-state index contributed by atoms with van der Waals surface area (Å²) in [6.45, 7) is 1.14. The van der Waals surface area contributed by atoms with Crippen LogP contribution in [0.25, 0.3) is 6.08 Å². The van der Waals surface area contributed by atoms with E-state index in [9.17, 15) is 19.2 Å². The Morgan fingerprint density at radius 2 is 1.85 bits per heavy atom. The van der Waals surface area contributed by atoms with Gasteiger partial charge in [0.15, 0.2) is 18.1 Å². The zero-order valence-electron chi connectivity index (χ0n) is 17.4. The number of rotatable bonds is 9. The lowest BCUT2D eigenvalue weighted by Gasteiger charge is -2.12. The number of hydrogen-bond acceptors (Lipinski definition) is 7. The van der Waals surface area contributed by atoms with E-state index < -0.39 is 36.2 Å². The monoisotopic (exact) mass is 534 g/mol. The van der Waals surface area contributed by atoms with Crippen LogP contribution in [0.3, 0.4) is 0 Å². The van der Waals surface area contributed by atoms with E-state index in [-0.39, 0.29) is 10.7 Å². The highest BCUT2D eigenvalue weighted by molar-refractivity contribution is 9.10. The highest BCUT2D eigenvalue weighted by Gasteiger charge is 2.36. The number of carbonyl (C=O) groups excluding carboxylic acids is 3. The second-order valence-electron chi connectivity index (χ2n) is 6.64. The molecule has 0 spiro atoms. The van der Waals surface area contributed by atoms with Crippen LogP contribution in [0.15, 0.2) is 51.8 Å². The minimum absolute atomic E-state index is 0.151. The molecule has 9 nitrogen and oxygen atoms in total. The van der Waals surface area contributed by atoms with Crippen molar-refractivity contribution >= 4 is 62.5 Å². The van der Waals surface area contributed by atoms with Gasteiger partial charge in [0, 0.05) is 10.2 Å². The number of carboxylic acid groups (broad SMARTS) is 1. The molecule has 1 saturated heterocycles. The Morgan fingerprint density at radius 1 is 1.12 bits per heavy atom. The van der Waals surface area contributed by atoms with E-state index in [2.05, 4.69) is 21.2 Å². The number of hydrogen-bond donors (Lipinski definition) is 2. The van der Waals surface area contributed by atoms with Gasteiger partial charge in [0.1, 0.15) is 6.54 Å². The molecule has 1 fully saturated rings. The predicted molar refractivity (Wildman–Crippen MR) is 126 cm³/mol. The van der Waals surface area contributed by atoms with Crippen LogP contribution in [0.1, 0.15) is 12.5 Å². The standard InChI is InChI=1S/C22H19BrN2O7S/c1-2-31-17-9-13(3-8-16(17)32-12-20(27)28)10-18-21(29)25(22(30)33-18)11-19(26)24-15-6-4-14(23)5-7-15/h3-10H,2,11-12H2,1H3,(H,24,26)(H,27,28)/b18-10+. The van der Waals surface area contributed by atoms with Gasteiger partial charge in [-0.25, -0.2) is 4.79 Å². The Hall–Kier alpha value is -3.31. The van der Waals surface area contributed by atoms with Crippen LogP contribution in [0.5, 0.6) is 11.5 Å². The van der Waals surface area contributed by atoms with E-state index in [4.69, 9.17) is 14.6 Å². The van der Waals surface area contributed by atoms with Gasteiger partial charge in [0.25, 0.3) is 11.1 Å². The third-order valence-corrected chi connectivity index (χ3v) is 5.66. The lowest BCUT2D eigenvalue weighted by atomic mass is 10.2. The van der Waals surface area contributed by atoms with Crippen LogP contribution >= 0.6 is 27.7 Å². The maximum Gasteiger partial charge on any atom is 0.341 e. The van der Waals surface area contributed by atoms with Crippen molar-refractivity contribution in [1.29, 1.82) is 0 Å². The molecular formula is C22H19BrN2O7S. The van der Waals surface area contributed by atoms with Gasteiger partial charge < -0.3 is 19.9 Å². The summed E-state index contributed by atoms with van der Waals surface area (Å²) in [6, 6.07) is 11.6. The zero-order chi connectivity index (χ0) is 24.0. The number of amides is 3. The average Bonchev–Trinajstić information content (AvgIpc) is 3.02. The highest BCUT2D eigenvalue weighted by Crippen LogP contribution is 2.34. The maximum atomic E-state index is 12.7. The fraction of sp³-hybridized carbons (Fsp3) is 0.182. The molecule has 1 aliphatic rings. The first kappa shape index (κ1) is 24.3. The van der Waals surface area contributed by atoms with Crippen LogP contribution < -0.4 is 14.8 Å². The number of halogens is 1. The number of ether oxygens (including phenoxy) is 2. The first-order valence-corrected chi connectivity index (χ1v) is 11.3. The third-order valence-electron chi connectivity index (χ3n) is 4.22. The number of aliphatic carboxylic acids is 1. The highest BCUT2D eigenvalue weighted by atomic mass is 79.9. The minimum atomic E-state index is -1.13. The summed E-state index contributed by atoms with van der Waals surface area (Å²) < 4.78 is 11.5. The molecule has 0 unspecified atom stereocenters. The van der Waals surface area contributed by atoms with Crippen molar-refractivity contribution in [3.63, 3.8) is 0 Å². The van der Waals surface area contributed by atoms with E-state index in [1.807, 2.05) is 0 Å². The predicted octanol–water partition coefficient (Wildman–Crippen LogP) is 3.99. The summed E-state index contributed by atoms with van der Waals surface area (Å²) in [6.07, 6.45) is 1.50. The number of anilines is 1. The molecule has 0 saturated carbocycles. The molecule has 0 aromatic heterocycles. The molecule has 2 aromatic carbocycles. The molecule has 172 valence electrons. The Labute approximate surface area is 201 Å². The van der Waals surface area contributed by atoms with E-state index in [1.54, 1.807) is 43.3 Å². The second-order valence-corrected chi connectivity index (χ2v) is 8.55. The van der Waals surface area contributed by atoms with Crippen molar-refractivity contribution in [3.8, 4) is 11.5 Å². The van der Waals surface area contributed by atoms with Gasteiger partial charge in [0.05, 0.1) is 11.5 Å². The summed E-state index contributed by atoms with van der Waals surface area (Å²) in [5.41, 5.74) is 1.09. The minimum Gasteiger partial charge on any atom is -0.490 e. The van der Waals surface area contributed by atoms with Crippen molar-refractivity contribution in [2.24, 2.45) is 0 Å². The van der Waals surface area contributed by atoms with Crippen LogP contribution in [0.2, 0.25) is 0 Å². The van der Waals surface area contributed by atoms with Gasteiger partial charge >= 0.3 is 5.97 Å². The normalized spacial score (nSPS) is 14.5. The topological polar surface area (TPSA) is 122 Å². The molecule has 1 heterocycles. The maximum absolute atomic E-state index is 12.7. The summed E-state index contributed by atoms with van der Waals surface area (Å²) in [7, 11) is 0. The number of nitrogens with one attached hydrogen (secondary N) is 1. The van der Waals surface area contributed by atoms with Gasteiger partial charge in [-0.1, -0.05) is 22.0 Å². The molecular weight excluding hydrogens is 516 g/mol. The molecule has 0 radical (unpaired) electrons. The van der Waals surface area contributed by atoms with E-state index in [0.717, 1.165) is 21.1 Å². The van der Waals surface area contributed by atoms with Gasteiger partial charge in [-0.15, -0.1) is 0 Å². The smallest absolute Gasteiger partial charge is 0.341 e. The molecule has 2 N–H and O–H groups in total. The fourth-order valence-electron chi connectivity index (χ4n) is 2.81. The third kappa shape index (κ3) is 6.59.